The summed E-state index contributed by atoms with van der Waals surface area (Å²) in [6.07, 6.45) is 4.09. The lowest BCUT2D eigenvalue weighted by atomic mass is 9.84. The lowest BCUT2D eigenvalue weighted by Crippen LogP contribution is -2.43. The molecule has 0 aromatic carbocycles. The van der Waals surface area contributed by atoms with Crippen molar-refractivity contribution in [3.8, 4) is 0 Å². The van der Waals surface area contributed by atoms with Crippen LogP contribution in [-0.4, -0.2) is 23.7 Å². The van der Waals surface area contributed by atoms with Crippen molar-refractivity contribution in [3.05, 3.63) is 0 Å². The van der Waals surface area contributed by atoms with Crippen LogP contribution in [-0.2, 0) is 4.79 Å². The zero-order valence-electron chi connectivity index (χ0n) is 9.12. The number of nitrogens with one attached hydrogen (secondary N) is 1. The van der Waals surface area contributed by atoms with Gasteiger partial charge in [-0.15, -0.1) is 0 Å². The normalized spacial score (nSPS) is 27.9. The van der Waals surface area contributed by atoms with Gasteiger partial charge in [0, 0.05) is 6.04 Å². The van der Waals surface area contributed by atoms with Crippen LogP contribution < -0.4 is 5.32 Å². The standard InChI is InChI=1S/C11H21NO2/c1-8(2)7-12-10-6-4-3-5-9(10)11(13)14/h8-10,12H,3-7H2,1-2H3,(H,13,14). The smallest absolute Gasteiger partial charge is 0.308 e. The molecule has 1 fully saturated rings. The van der Waals surface area contributed by atoms with E-state index < -0.39 is 5.97 Å². The van der Waals surface area contributed by atoms with Crippen molar-refractivity contribution in [2.75, 3.05) is 6.54 Å². The Morgan fingerprint density at radius 1 is 1.43 bits per heavy atom. The Hall–Kier alpha value is -0.570. The van der Waals surface area contributed by atoms with Crippen LogP contribution in [0.3, 0.4) is 0 Å². The van der Waals surface area contributed by atoms with Crippen LogP contribution in [0.1, 0.15) is 39.5 Å². The molecule has 2 N–H and O–H groups in total. The Balaban J connectivity index is 2.42. The zero-order chi connectivity index (χ0) is 10.6. The molecule has 0 spiro atoms. The third-order valence-electron chi connectivity index (χ3n) is 2.87. The van der Waals surface area contributed by atoms with Gasteiger partial charge in [-0.2, -0.15) is 0 Å². The summed E-state index contributed by atoms with van der Waals surface area (Å²) in [7, 11) is 0. The molecule has 0 heterocycles. The second-order valence-corrected chi connectivity index (χ2v) is 4.64. The van der Waals surface area contributed by atoms with Crippen LogP contribution >= 0.6 is 0 Å². The Labute approximate surface area is 85.9 Å². The molecule has 0 radical (unpaired) electrons. The SMILES string of the molecule is CC(C)CNC1CCCCC1C(=O)O. The first-order chi connectivity index (χ1) is 6.61. The highest BCUT2D eigenvalue weighted by atomic mass is 16.4. The van der Waals surface area contributed by atoms with E-state index in [1.165, 1.54) is 6.42 Å². The summed E-state index contributed by atoms with van der Waals surface area (Å²) in [6.45, 7) is 5.21. The number of hydrogen-bond donors (Lipinski definition) is 2. The minimum Gasteiger partial charge on any atom is -0.481 e. The molecule has 1 rings (SSSR count). The van der Waals surface area contributed by atoms with E-state index in [-0.39, 0.29) is 12.0 Å². The molecule has 1 aliphatic carbocycles. The Morgan fingerprint density at radius 2 is 2.07 bits per heavy atom. The maximum absolute atomic E-state index is 11.0. The number of carboxylic acid groups (broad SMARTS) is 1. The molecule has 0 aromatic rings. The Bertz CT molecular complexity index is 192. The molecule has 1 aliphatic rings. The Morgan fingerprint density at radius 3 is 2.64 bits per heavy atom. The minimum atomic E-state index is -0.633. The quantitative estimate of drug-likeness (QED) is 0.726. The van der Waals surface area contributed by atoms with Crippen molar-refractivity contribution in [2.45, 2.75) is 45.6 Å². The molecule has 0 aromatic heterocycles. The number of rotatable bonds is 4. The van der Waals surface area contributed by atoms with Crippen LogP contribution in [0.5, 0.6) is 0 Å². The summed E-state index contributed by atoms with van der Waals surface area (Å²) in [5, 5.41) is 12.4. The summed E-state index contributed by atoms with van der Waals surface area (Å²) in [5.74, 6) is -0.208. The van der Waals surface area contributed by atoms with Crippen LogP contribution in [0, 0.1) is 11.8 Å². The molecular weight excluding hydrogens is 178 g/mol. The van der Waals surface area contributed by atoms with Crippen molar-refractivity contribution in [3.63, 3.8) is 0 Å². The highest BCUT2D eigenvalue weighted by Crippen LogP contribution is 2.24. The number of carboxylic acids is 1. The van der Waals surface area contributed by atoms with Gasteiger partial charge in [0.15, 0.2) is 0 Å². The number of hydrogen-bond acceptors (Lipinski definition) is 2. The molecule has 0 bridgehead atoms. The summed E-state index contributed by atoms with van der Waals surface area (Å²) in [5.41, 5.74) is 0. The number of carbonyl (C=O) groups is 1. The second kappa shape index (κ2) is 5.35. The highest BCUT2D eigenvalue weighted by molar-refractivity contribution is 5.71. The molecule has 14 heavy (non-hydrogen) atoms. The van der Waals surface area contributed by atoms with E-state index in [9.17, 15) is 4.79 Å². The van der Waals surface area contributed by atoms with Gasteiger partial charge in [-0.1, -0.05) is 26.7 Å². The molecule has 3 heteroatoms. The van der Waals surface area contributed by atoms with E-state index in [1.807, 2.05) is 0 Å². The largest absolute Gasteiger partial charge is 0.481 e. The van der Waals surface area contributed by atoms with E-state index in [4.69, 9.17) is 5.11 Å². The van der Waals surface area contributed by atoms with Gasteiger partial charge in [-0.05, 0) is 25.3 Å². The van der Waals surface area contributed by atoms with Crippen molar-refractivity contribution in [2.24, 2.45) is 11.8 Å². The van der Waals surface area contributed by atoms with Gasteiger partial charge in [-0.25, -0.2) is 0 Å². The highest BCUT2D eigenvalue weighted by Gasteiger charge is 2.30. The molecule has 82 valence electrons. The number of aliphatic carboxylic acids is 1. The summed E-state index contributed by atoms with van der Waals surface area (Å²) >= 11 is 0. The summed E-state index contributed by atoms with van der Waals surface area (Å²) in [6, 6.07) is 0.198. The van der Waals surface area contributed by atoms with Crippen LogP contribution in [0.25, 0.3) is 0 Å². The molecule has 1 saturated carbocycles. The summed E-state index contributed by atoms with van der Waals surface area (Å²) < 4.78 is 0. The van der Waals surface area contributed by atoms with E-state index in [1.54, 1.807) is 0 Å². The molecule has 0 amide bonds. The van der Waals surface area contributed by atoms with E-state index in [0.717, 1.165) is 25.8 Å². The van der Waals surface area contributed by atoms with Gasteiger partial charge in [0.2, 0.25) is 0 Å². The summed E-state index contributed by atoms with van der Waals surface area (Å²) in [4.78, 5) is 11.0. The third-order valence-corrected chi connectivity index (χ3v) is 2.87. The van der Waals surface area contributed by atoms with Crippen LogP contribution in [0.4, 0.5) is 0 Å². The fraction of sp³-hybridized carbons (Fsp3) is 0.909. The average molecular weight is 199 g/mol. The van der Waals surface area contributed by atoms with Crippen molar-refractivity contribution >= 4 is 5.97 Å². The fourth-order valence-corrected chi connectivity index (χ4v) is 2.06. The molecule has 2 atom stereocenters. The maximum atomic E-state index is 11.0. The molecule has 0 saturated heterocycles. The van der Waals surface area contributed by atoms with E-state index in [0.29, 0.717) is 5.92 Å². The van der Waals surface area contributed by atoms with E-state index in [2.05, 4.69) is 19.2 Å². The van der Waals surface area contributed by atoms with Crippen molar-refractivity contribution in [1.82, 2.24) is 5.32 Å². The van der Waals surface area contributed by atoms with Crippen LogP contribution in [0.2, 0.25) is 0 Å². The van der Waals surface area contributed by atoms with Gasteiger partial charge in [0.25, 0.3) is 0 Å². The second-order valence-electron chi connectivity index (χ2n) is 4.64. The van der Waals surface area contributed by atoms with Gasteiger partial charge in [-0.3, -0.25) is 4.79 Å². The average Bonchev–Trinajstić information content (AvgIpc) is 2.15. The fourth-order valence-electron chi connectivity index (χ4n) is 2.06. The Kier molecular flexibility index (Phi) is 4.39. The van der Waals surface area contributed by atoms with Gasteiger partial charge < -0.3 is 10.4 Å². The molecule has 3 nitrogen and oxygen atoms in total. The molecule has 2 unspecified atom stereocenters. The maximum Gasteiger partial charge on any atom is 0.308 e. The first-order valence-corrected chi connectivity index (χ1v) is 5.57. The van der Waals surface area contributed by atoms with Crippen molar-refractivity contribution < 1.29 is 9.90 Å². The van der Waals surface area contributed by atoms with Gasteiger partial charge in [0.05, 0.1) is 5.92 Å². The third kappa shape index (κ3) is 3.29. The van der Waals surface area contributed by atoms with Gasteiger partial charge in [0.1, 0.15) is 0 Å². The monoisotopic (exact) mass is 199 g/mol. The van der Waals surface area contributed by atoms with Crippen molar-refractivity contribution in [1.29, 1.82) is 0 Å². The topological polar surface area (TPSA) is 49.3 Å². The molecule has 0 aliphatic heterocycles. The molecular formula is C11H21NO2. The zero-order valence-corrected chi connectivity index (χ0v) is 9.12. The minimum absolute atomic E-state index is 0.164. The predicted molar refractivity (Wildman–Crippen MR) is 56.2 cm³/mol. The lowest BCUT2D eigenvalue weighted by molar-refractivity contribution is -0.143. The van der Waals surface area contributed by atoms with Crippen LogP contribution in [0.15, 0.2) is 0 Å². The van der Waals surface area contributed by atoms with Gasteiger partial charge >= 0.3 is 5.97 Å². The first-order valence-electron chi connectivity index (χ1n) is 5.57. The predicted octanol–water partition coefficient (Wildman–Crippen LogP) is 1.88. The lowest BCUT2D eigenvalue weighted by Gasteiger charge is -2.30. The first kappa shape index (κ1) is 11.5. The van der Waals surface area contributed by atoms with E-state index >= 15 is 0 Å².